The van der Waals surface area contributed by atoms with E-state index in [2.05, 4.69) is 11.9 Å². The minimum absolute atomic E-state index is 0.0160. The van der Waals surface area contributed by atoms with Crippen LogP contribution >= 0.6 is 0 Å². The summed E-state index contributed by atoms with van der Waals surface area (Å²) in [6.07, 6.45) is 4.55. The van der Waals surface area contributed by atoms with Gasteiger partial charge in [0.2, 0.25) is 0 Å². The molecular weight excluding hydrogens is 227 g/mol. The zero-order valence-corrected chi connectivity index (χ0v) is 11.3. The SMILES string of the molecule is CC(N)Cc1c(F)cccc1N(C)CC1CCC1. The fraction of sp³-hybridized carbons (Fsp3) is 0.600. The summed E-state index contributed by atoms with van der Waals surface area (Å²) in [4.78, 5) is 2.19. The lowest BCUT2D eigenvalue weighted by Crippen LogP contribution is -2.30. The lowest BCUT2D eigenvalue weighted by Gasteiger charge is -2.32. The van der Waals surface area contributed by atoms with Gasteiger partial charge in [-0.15, -0.1) is 0 Å². The highest BCUT2D eigenvalue weighted by Gasteiger charge is 2.21. The van der Waals surface area contributed by atoms with E-state index in [0.717, 1.165) is 23.7 Å². The molecule has 3 heteroatoms. The molecule has 1 aliphatic carbocycles. The molecular formula is C15H23FN2. The molecule has 1 unspecified atom stereocenters. The maximum atomic E-state index is 13.9. The molecule has 1 aliphatic rings. The van der Waals surface area contributed by atoms with Crippen LogP contribution in [-0.4, -0.2) is 19.6 Å². The summed E-state index contributed by atoms with van der Waals surface area (Å²) in [5.74, 6) is 0.645. The fourth-order valence-corrected chi connectivity index (χ4v) is 2.59. The molecule has 18 heavy (non-hydrogen) atoms. The van der Waals surface area contributed by atoms with E-state index >= 15 is 0 Å². The second-order valence-corrected chi connectivity index (χ2v) is 5.60. The van der Waals surface area contributed by atoms with Crippen molar-refractivity contribution < 1.29 is 4.39 Å². The molecule has 1 saturated carbocycles. The fourth-order valence-electron chi connectivity index (χ4n) is 2.59. The van der Waals surface area contributed by atoms with Crippen LogP contribution in [0.15, 0.2) is 18.2 Å². The van der Waals surface area contributed by atoms with Gasteiger partial charge in [0.1, 0.15) is 5.82 Å². The van der Waals surface area contributed by atoms with Gasteiger partial charge < -0.3 is 10.6 Å². The minimum Gasteiger partial charge on any atom is -0.374 e. The third-order valence-corrected chi connectivity index (χ3v) is 3.79. The quantitative estimate of drug-likeness (QED) is 0.870. The van der Waals surface area contributed by atoms with Crippen molar-refractivity contribution in [1.82, 2.24) is 0 Å². The Morgan fingerprint density at radius 3 is 2.72 bits per heavy atom. The van der Waals surface area contributed by atoms with Crippen LogP contribution < -0.4 is 10.6 Å². The van der Waals surface area contributed by atoms with Crippen LogP contribution in [0, 0.1) is 11.7 Å². The van der Waals surface area contributed by atoms with E-state index in [1.165, 1.54) is 25.3 Å². The van der Waals surface area contributed by atoms with Crippen LogP contribution in [0.3, 0.4) is 0 Å². The molecule has 0 aliphatic heterocycles. The zero-order chi connectivity index (χ0) is 13.1. The second kappa shape index (κ2) is 5.70. The van der Waals surface area contributed by atoms with Crippen LogP contribution in [0.5, 0.6) is 0 Å². The molecule has 1 fully saturated rings. The lowest BCUT2D eigenvalue weighted by molar-refractivity contribution is 0.321. The van der Waals surface area contributed by atoms with Gasteiger partial charge in [0, 0.05) is 30.9 Å². The van der Waals surface area contributed by atoms with E-state index in [1.807, 2.05) is 13.0 Å². The molecule has 2 rings (SSSR count). The molecule has 2 nitrogen and oxygen atoms in total. The van der Waals surface area contributed by atoms with Gasteiger partial charge in [0.05, 0.1) is 0 Å². The highest BCUT2D eigenvalue weighted by molar-refractivity contribution is 5.54. The Morgan fingerprint density at radius 1 is 1.44 bits per heavy atom. The van der Waals surface area contributed by atoms with Crippen molar-refractivity contribution in [1.29, 1.82) is 0 Å². The van der Waals surface area contributed by atoms with E-state index < -0.39 is 0 Å². The maximum absolute atomic E-state index is 13.9. The van der Waals surface area contributed by atoms with E-state index in [4.69, 9.17) is 5.73 Å². The van der Waals surface area contributed by atoms with Gasteiger partial charge in [-0.2, -0.15) is 0 Å². The van der Waals surface area contributed by atoms with Gasteiger partial charge >= 0.3 is 0 Å². The first-order valence-corrected chi connectivity index (χ1v) is 6.82. The Balaban J connectivity index is 2.16. The number of anilines is 1. The van der Waals surface area contributed by atoms with Crippen molar-refractivity contribution in [2.24, 2.45) is 11.7 Å². The largest absolute Gasteiger partial charge is 0.374 e. The Bertz CT molecular complexity index is 399. The smallest absolute Gasteiger partial charge is 0.128 e. The van der Waals surface area contributed by atoms with Crippen molar-refractivity contribution in [3.05, 3.63) is 29.6 Å². The van der Waals surface area contributed by atoms with Crippen molar-refractivity contribution in [3.8, 4) is 0 Å². The predicted octanol–water partition coefficient (Wildman–Crippen LogP) is 2.95. The van der Waals surface area contributed by atoms with Gasteiger partial charge in [0.25, 0.3) is 0 Å². The summed E-state index contributed by atoms with van der Waals surface area (Å²) in [5.41, 5.74) is 7.57. The summed E-state index contributed by atoms with van der Waals surface area (Å²) in [6, 6.07) is 5.29. The first-order valence-electron chi connectivity index (χ1n) is 6.82. The molecule has 0 heterocycles. The lowest BCUT2D eigenvalue weighted by atomic mass is 9.85. The number of nitrogens with zero attached hydrogens (tertiary/aromatic N) is 1. The predicted molar refractivity (Wildman–Crippen MR) is 74.4 cm³/mol. The van der Waals surface area contributed by atoms with E-state index in [1.54, 1.807) is 6.07 Å². The molecule has 0 amide bonds. The molecule has 0 radical (unpaired) electrons. The summed E-state index contributed by atoms with van der Waals surface area (Å²) in [5, 5.41) is 0. The van der Waals surface area contributed by atoms with Gasteiger partial charge in [0.15, 0.2) is 0 Å². The van der Waals surface area contributed by atoms with Crippen LogP contribution in [0.4, 0.5) is 10.1 Å². The topological polar surface area (TPSA) is 29.3 Å². The number of benzene rings is 1. The first-order chi connectivity index (χ1) is 8.58. The number of hydrogen-bond acceptors (Lipinski definition) is 2. The Hall–Kier alpha value is -1.09. The molecule has 0 bridgehead atoms. The molecule has 1 aromatic rings. The van der Waals surface area contributed by atoms with Crippen molar-refractivity contribution >= 4 is 5.69 Å². The molecule has 1 aromatic carbocycles. The van der Waals surface area contributed by atoms with Crippen LogP contribution in [-0.2, 0) is 6.42 Å². The summed E-state index contributed by atoms with van der Waals surface area (Å²) < 4.78 is 13.9. The van der Waals surface area contributed by atoms with Gasteiger partial charge in [-0.1, -0.05) is 12.5 Å². The summed E-state index contributed by atoms with van der Waals surface area (Å²) in [7, 11) is 2.05. The Labute approximate surface area is 109 Å². The average Bonchev–Trinajstić information content (AvgIpc) is 2.25. The van der Waals surface area contributed by atoms with E-state index in [0.29, 0.717) is 6.42 Å². The molecule has 2 N–H and O–H groups in total. The average molecular weight is 250 g/mol. The minimum atomic E-state index is -0.134. The van der Waals surface area contributed by atoms with Gasteiger partial charge in [-0.05, 0) is 44.2 Å². The third kappa shape index (κ3) is 3.02. The molecule has 0 spiro atoms. The van der Waals surface area contributed by atoms with Crippen molar-refractivity contribution in [2.45, 2.75) is 38.6 Å². The Kier molecular flexibility index (Phi) is 4.23. The number of rotatable bonds is 5. The summed E-state index contributed by atoms with van der Waals surface area (Å²) in [6.45, 7) is 2.94. The second-order valence-electron chi connectivity index (χ2n) is 5.60. The standard InChI is InChI=1S/C15H23FN2/c1-11(17)9-13-14(16)7-4-8-15(13)18(2)10-12-5-3-6-12/h4,7-8,11-12H,3,5-6,9-10,17H2,1-2H3. The molecule has 1 atom stereocenters. The first kappa shape index (κ1) is 13.3. The van der Waals surface area contributed by atoms with E-state index in [-0.39, 0.29) is 11.9 Å². The zero-order valence-electron chi connectivity index (χ0n) is 11.3. The summed E-state index contributed by atoms with van der Waals surface area (Å²) >= 11 is 0. The van der Waals surface area contributed by atoms with Crippen molar-refractivity contribution in [3.63, 3.8) is 0 Å². The van der Waals surface area contributed by atoms with Crippen LogP contribution in [0.2, 0.25) is 0 Å². The van der Waals surface area contributed by atoms with Gasteiger partial charge in [-0.25, -0.2) is 4.39 Å². The number of halogens is 1. The number of hydrogen-bond donors (Lipinski definition) is 1. The normalized spacial score (nSPS) is 17.3. The third-order valence-electron chi connectivity index (χ3n) is 3.79. The van der Waals surface area contributed by atoms with Crippen molar-refractivity contribution in [2.75, 3.05) is 18.5 Å². The Morgan fingerprint density at radius 2 is 2.17 bits per heavy atom. The van der Waals surface area contributed by atoms with Crippen LogP contribution in [0.1, 0.15) is 31.7 Å². The maximum Gasteiger partial charge on any atom is 0.128 e. The molecule has 100 valence electrons. The number of nitrogens with two attached hydrogens (primary N) is 1. The monoisotopic (exact) mass is 250 g/mol. The highest BCUT2D eigenvalue weighted by Crippen LogP contribution is 2.30. The molecule has 0 aromatic heterocycles. The van der Waals surface area contributed by atoms with Gasteiger partial charge in [-0.3, -0.25) is 0 Å². The highest BCUT2D eigenvalue weighted by atomic mass is 19.1. The van der Waals surface area contributed by atoms with E-state index in [9.17, 15) is 4.39 Å². The van der Waals surface area contributed by atoms with Crippen LogP contribution in [0.25, 0.3) is 0 Å². The molecule has 0 saturated heterocycles.